The molecule has 0 bridgehead atoms. The van der Waals surface area contributed by atoms with Crippen molar-refractivity contribution in [3.05, 3.63) is 29.8 Å². The fourth-order valence-electron chi connectivity index (χ4n) is 2.10. The second-order valence-electron chi connectivity index (χ2n) is 5.48. The van der Waals surface area contributed by atoms with Crippen LogP contribution in [0.5, 0.6) is 5.75 Å². The van der Waals surface area contributed by atoms with E-state index in [-0.39, 0.29) is 36.8 Å². The molecule has 140 valence electrons. The highest BCUT2D eigenvalue weighted by molar-refractivity contribution is 5.85. The molecule has 1 atom stereocenters. The fourth-order valence-corrected chi connectivity index (χ4v) is 2.10. The van der Waals surface area contributed by atoms with E-state index in [4.69, 9.17) is 10.5 Å². The molecule has 24 heavy (non-hydrogen) atoms. The Labute approximate surface area is 158 Å². The van der Waals surface area contributed by atoms with Crippen LogP contribution in [0.3, 0.4) is 0 Å². The van der Waals surface area contributed by atoms with Crippen molar-refractivity contribution in [3.63, 3.8) is 0 Å². The Kier molecular flexibility index (Phi) is 15.1. The number of carbonyl (C=O) groups is 1. The molecule has 1 unspecified atom stereocenters. The van der Waals surface area contributed by atoms with Crippen molar-refractivity contribution < 1.29 is 9.53 Å². The van der Waals surface area contributed by atoms with Gasteiger partial charge in [0, 0.05) is 25.6 Å². The maximum Gasteiger partial charge on any atom is 0.221 e. The molecule has 0 saturated carbocycles. The first-order chi connectivity index (χ1) is 10.5. The zero-order chi connectivity index (χ0) is 16.4. The van der Waals surface area contributed by atoms with E-state index in [1.54, 1.807) is 0 Å². The standard InChI is InChI=1S/C17H29N3O2.2ClH/c1-4-20(5-2)10-11-22-16-8-6-15(7-9-16)13-19-17(21)12-14(3)18;;/h6-9,14H,4-5,10-13,18H2,1-3H3,(H,19,21);2*1H. The van der Waals surface area contributed by atoms with Crippen LogP contribution in [0.25, 0.3) is 0 Å². The normalized spacial score (nSPS) is 11.2. The SMILES string of the molecule is CCN(CC)CCOc1ccc(CNC(=O)CC(C)N)cc1.Cl.Cl. The van der Waals surface area contributed by atoms with Gasteiger partial charge >= 0.3 is 0 Å². The van der Waals surface area contributed by atoms with Crippen LogP contribution < -0.4 is 15.8 Å². The summed E-state index contributed by atoms with van der Waals surface area (Å²) in [6.07, 6.45) is 0.354. The molecule has 3 N–H and O–H groups in total. The molecular weight excluding hydrogens is 349 g/mol. The Morgan fingerprint density at radius 3 is 2.29 bits per heavy atom. The number of benzene rings is 1. The van der Waals surface area contributed by atoms with Crippen molar-refractivity contribution in [3.8, 4) is 5.75 Å². The number of nitrogens with two attached hydrogens (primary N) is 1. The Morgan fingerprint density at radius 2 is 1.79 bits per heavy atom. The second kappa shape index (κ2) is 14.3. The molecule has 5 nitrogen and oxygen atoms in total. The van der Waals surface area contributed by atoms with Gasteiger partial charge in [0.15, 0.2) is 0 Å². The number of nitrogens with one attached hydrogen (secondary N) is 1. The third-order valence-corrected chi connectivity index (χ3v) is 3.49. The van der Waals surface area contributed by atoms with Gasteiger partial charge in [-0.25, -0.2) is 0 Å². The van der Waals surface area contributed by atoms with Crippen LogP contribution >= 0.6 is 24.8 Å². The first kappa shape index (κ1) is 25.2. The predicted molar refractivity (Wildman–Crippen MR) is 104 cm³/mol. The van der Waals surface area contributed by atoms with Gasteiger partial charge in [0.25, 0.3) is 0 Å². The summed E-state index contributed by atoms with van der Waals surface area (Å²) < 4.78 is 5.73. The van der Waals surface area contributed by atoms with Crippen molar-refractivity contribution >= 4 is 30.7 Å². The molecule has 0 aliphatic rings. The lowest BCUT2D eigenvalue weighted by Crippen LogP contribution is -2.29. The van der Waals surface area contributed by atoms with Gasteiger partial charge in [-0.15, -0.1) is 24.8 Å². The molecule has 0 aromatic heterocycles. The van der Waals surface area contributed by atoms with Gasteiger partial charge in [0.2, 0.25) is 5.91 Å². The highest BCUT2D eigenvalue weighted by Gasteiger charge is 2.05. The predicted octanol–water partition coefficient (Wildman–Crippen LogP) is 2.60. The lowest BCUT2D eigenvalue weighted by Gasteiger charge is -2.18. The molecule has 0 spiro atoms. The summed E-state index contributed by atoms with van der Waals surface area (Å²) in [5.41, 5.74) is 6.64. The van der Waals surface area contributed by atoms with E-state index < -0.39 is 0 Å². The van der Waals surface area contributed by atoms with E-state index in [9.17, 15) is 4.79 Å². The van der Waals surface area contributed by atoms with Crippen LogP contribution in [-0.4, -0.2) is 43.1 Å². The second-order valence-corrected chi connectivity index (χ2v) is 5.48. The summed E-state index contributed by atoms with van der Waals surface area (Å²) in [6.45, 7) is 10.3. The van der Waals surface area contributed by atoms with Crippen molar-refractivity contribution in [2.45, 2.75) is 39.8 Å². The van der Waals surface area contributed by atoms with Crippen LogP contribution in [0.1, 0.15) is 32.8 Å². The fraction of sp³-hybridized carbons (Fsp3) is 0.588. The van der Waals surface area contributed by atoms with E-state index in [0.717, 1.165) is 30.9 Å². The average Bonchev–Trinajstić information content (AvgIpc) is 2.50. The van der Waals surface area contributed by atoms with Crippen molar-refractivity contribution in [1.29, 1.82) is 0 Å². The lowest BCUT2D eigenvalue weighted by atomic mass is 10.2. The topological polar surface area (TPSA) is 67.6 Å². The first-order valence-corrected chi connectivity index (χ1v) is 8.01. The number of ether oxygens (including phenoxy) is 1. The van der Waals surface area contributed by atoms with Gasteiger partial charge in [0.1, 0.15) is 12.4 Å². The Hall–Kier alpha value is -1.01. The van der Waals surface area contributed by atoms with Crippen LogP contribution in [0, 0.1) is 0 Å². The maximum atomic E-state index is 11.5. The van der Waals surface area contributed by atoms with Gasteiger partial charge in [0.05, 0.1) is 0 Å². The third kappa shape index (κ3) is 10.7. The van der Waals surface area contributed by atoms with Gasteiger partial charge in [-0.3, -0.25) is 4.79 Å². The molecule has 0 fully saturated rings. The summed E-state index contributed by atoms with van der Waals surface area (Å²) in [5.74, 6) is 0.840. The molecule has 0 aliphatic carbocycles. The summed E-state index contributed by atoms with van der Waals surface area (Å²) >= 11 is 0. The first-order valence-electron chi connectivity index (χ1n) is 8.01. The minimum absolute atomic E-state index is 0. The Balaban J connectivity index is 0. The van der Waals surface area contributed by atoms with Gasteiger partial charge < -0.3 is 20.7 Å². The summed E-state index contributed by atoms with van der Waals surface area (Å²) in [7, 11) is 0. The number of carbonyl (C=O) groups excluding carboxylic acids is 1. The average molecular weight is 380 g/mol. The minimum atomic E-state index is -0.110. The quantitative estimate of drug-likeness (QED) is 0.655. The number of halogens is 2. The molecule has 1 amide bonds. The third-order valence-electron chi connectivity index (χ3n) is 3.49. The minimum Gasteiger partial charge on any atom is -0.492 e. The van der Waals surface area contributed by atoms with Crippen molar-refractivity contribution in [2.24, 2.45) is 5.73 Å². The van der Waals surface area contributed by atoms with Crippen molar-refractivity contribution in [2.75, 3.05) is 26.2 Å². The van der Waals surface area contributed by atoms with Gasteiger partial charge in [-0.1, -0.05) is 26.0 Å². The molecule has 0 heterocycles. The molecule has 1 rings (SSSR count). The number of hydrogen-bond donors (Lipinski definition) is 2. The summed E-state index contributed by atoms with van der Waals surface area (Å²) in [4.78, 5) is 13.9. The van der Waals surface area contributed by atoms with E-state index in [0.29, 0.717) is 19.6 Å². The van der Waals surface area contributed by atoms with Gasteiger partial charge in [-0.05, 0) is 37.7 Å². The number of hydrogen-bond acceptors (Lipinski definition) is 4. The van der Waals surface area contributed by atoms with Crippen LogP contribution in [0.2, 0.25) is 0 Å². The maximum absolute atomic E-state index is 11.5. The van der Waals surface area contributed by atoms with Gasteiger partial charge in [-0.2, -0.15) is 0 Å². The summed E-state index contributed by atoms with van der Waals surface area (Å²) in [5, 5.41) is 2.86. The Bertz CT molecular complexity index is 438. The largest absolute Gasteiger partial charge is 0.492 e. The zero-order valence-corrected chi connectivity index (χ0v) is 16.4. The molecular formula is C17H31Cl2N3O2. The van der Waals surface area contributed by atoms with Crippen LogP contribution in [0.15, 0.2) is 24.3 Å². The van der Waals surface area contributed by atoms with E-state index in [1.165, 1.54) is 0 Å². The van der Waals surface area contributed by atoms with E-state index >= 15 is 0 Å². The Morgan fingerprint density at radius 1 is 1.21 bits per heavy atom. The lowest BCUT2D eigenvalue weighted by molar-refractivity contribution is -0.121. The summed E-state index contributed by atoms with van der Waals surface area (Å²) in [6, 6.07) is 7.71. The highest BCUT2D eigenvalue weighted by atomic mass is 35.5. The molecule has 0 radical (unpaired) electrons. The molecule has 0 aliphatic heterocycles. The smallest absolute Gasteiger partial charge is 0.221 e. The van der Waals surface area contributed by atoms with E-state index in [1.807, 2.05) is 31.2 Å². The number of likely N-dealkylation sites (N-methyl/N-ethyl adjacent to an activating group) is 1. The number of rotatable bonds is 10. The zero-order valence-electron chi connectivity index (χ0n) is 14.8. The molecule has 1 aromatic carbocycles. The number of amides is 1. The van der Waals surface area contributed by atoms with Crippen LogP contribution in [0.4, 0.5) is 0 Å². The highest BCUT2D eigenvalue weighted by Crippen LogP contribution is 2.12. The van der Waals surface area contributed by atoms with Crippen LogP contribution in [-0.2, 0) is 11.3 Å². The molecule has 0 saturated heterocycles. The number of nitrogens with zero attached hydrogens (tertiary/aromatic N) is 1. The molecule has 1 aromatic rings. The monoisotopic (exact) mass is 379 g/mol. The van der Waals surface area contributed by atoms with Crippen molar-refractivity contribution in [1.82, 2.24) is 10.2 Å². The van der Waals surface area contributed by atoms with E-state index in [2.05, 4.69) is 24.1 Å². The molecule has 7 heteroatoms.